The fraction of sp³-hybridized carbons (Fsp3) is 0.241. The number of sulfone groups is 1. The van der Waals surface area contributed by atoms with Gasteiger partial charge >= 0.3 is 0 Å². The number of hydrogen-bond donors (Lipinski definition) is 2. The molecule has 0 aliphatic heterocycles. The molecule has 3 heterocycles. The van der Waals surface area contributed by atoms with Crippen LogP contribution in [0, 0.1) is 5.82 Å². The third kappa shape index (κ3) is 6.48. The van der Waals surface area contributed by atoms with Crippen molar-refractivity contribution in [3.8, 4) is 16.2 Å². The highest BCUT2D eigenvalue weighted by molar-refractivity contribution is 7.90. The zero-order valence-electron chi connectivity index (χ0n) is 22.9. The van der Waals surface area contributed by atoms with E-state index in [1.807, 2.05) is 6.07 Å². The van der Waals surface area contributed by atoms with E-state index in [-0.39, 0.29) is 37.2 Å². The average Bonchev–Trinajstić information content (AvgIpc) is 3.54. The summed E-state index contributed by atoms with van der Waals surface area (Å²) >= 11 is 8.06. The highest BCUT2D eigenvalue weighted by atomic mass is 35.5. The van der Waals surface area contributed by atoms with Crippen molar-refractivity contribution in [2.24, 2.45) is 0 Å². The Morgan fingerprint density at radius 3 is 2.84 bits per heavy atom. The molecule has 10 nitrogen and oxygen atoms in total. The molecule has 0 saturated carbocycles. The van der Waals surface area contributed by atoms with Crippen molar-refractivity contribution in [3.63, 3.8) is 0 Å². The minimum absolute atomic E-state index is 0.00857. The second kappa shape index (κ2) is 11.9. The molecule has 3 aromatic heterocycles. The maximum atomic E-state index is 13.5. The molecule has 0 fully saturated rings. The van der Waals surface area contributed by atoms with E-state index in [2.05, 4.69) is 25.7 Å². The molecule has 6 rings (SSSR count). The van der Waals surface area contributed by atoms with Gasteiger partial charge in [0.25, 0.3) is 0 Å². The Morgan fingerprint density at radius 1 is 1.19 bits per heavy atom. The van der Waals surface area contributed by atoms with E-state index < -0.39 is 9.84 Å². The molecule has 0 spiro atoms. The van der Waals surface area contributed by atoms with Crippen LogP contribution in [0.25, 0.3) is 20.7 Å². The number of thiophene rings is 1. The summed E-state index contributed by atoms with van der Waals surface area (Å²) in [6.45, 7) is 0.255. The SMILES string of the molecule is CS(=O)(=O)CCNC(=O)Cn1ncc2c1CCc1c-2sc2ncnc(Nc3ccc(OCc4cccc(F)c4)c(Cl)c3)c12. The van der Waals surface area contributed by atoms with Gasteiger partial charge in [-0.3, -0.25) is 9.48 Å². The van der Waals surface area contributed by atoms with Gasteiger partial charge in [0.1, 0.15) is 51.5 Å². The van der Waals surface area contributed by atoms with Crippen molar-refractivity contribution in [2.75, 3.05) is 23.9 Å². The molecule has 2 aromatic carbocycles. The summed E-state index contributed by atoms with van der Waals surface area (Å²) in [6, 6.07) is 11.6. The predicted octanol–water partition coefficient (Wildman–Crippen LogP) is 4.93. The van der Waals surface area contributed by atoms with Crippen LogP contribution in [0.3, 0.4) is 0 Å². The summed E-state index contributed by atoms with van der Waals surface area (Å²) in [5, 5.41) is 11.8. The second-order valence-electron chi connectivity index (χ2n) is 10.1. The molecule has 0 saturated heterocycles. The van der Waals surface area contributed by atoms with E-state index in [1.165, 1.54) is 18.5 Å². The minimum atomic E-state index is -3.16. The van der Waals surface area contributed by atoms with Crippen LogP contribution in [0.5, 0.6) is 5.75 Å². The molecule has 2 N–H and O–H groups in total. The summed E-state index contributed by atoms with van der Waals surface area (Å²) in [5.74, 6) is 0.395. The largest absolute Gasteiger partial charge is 0.487 e. The summed E-state index contributed by atoms with van der Waals surface area (Å²) < 4.78 is 43.6. The average molecular weight is 641 g/mol. The van der Waals surface area contributed by atoms with Gasteiger partial charge in [-0.2, -0.15) is 5.10 Å². The Kier molecular flexibility index (Phi) is 8.03. The number of benzene rings is 2. The number of anilines is 2. The molecular formula is C29H26ClFN6O4S2. The van der Waals surface area contributed by atoms with E-state index in [0.717, 1.165) is 38.2 Å². The van der Waals surface area contributed by atoms with Gasteiger partial charge in [0.05, 0.1) is 22.4 Å². The summed E-state index contributed by atoms with van der Waals surface area (Å²) in [7, 11) is -3.16. The number of carbonyl (C=O) groups excluding carboxylic acids is 1. The fourth-order valence-corrected chi connectivity index (χ4v) is 6.90. The lowest BCUT2D eigenvalue weighted by molar-refractivity contribution is -0.121. The number of aromatic nitrogens is 4. The van der Waals surface area contributed by atoms with Gasteiger partial charge in [-0.25, -0.2) is 22.8 Å². The van der Waals surface area contributed by atoms with Gasteiger partial charge in [0.2, 0.25) is 5.91 Å². The number of aryl methyl sites for hydroxylation is 1. The van der Waals surface area contributed by atoms with Crippen LogP contribution in [-0.2, 0) is 40.6 Å². The van der Waals surface area contributed by atoms with Crippen LogP contribution >= 0.6 is 22.9 Å². The topological polar surface area (TPSA) is 128 Å². The number of nitrogens with zero attached hydrogens (tertiary/aromatic N) is 4. The first kappa shape index (κ1) is 29.0. The van der Waals surface area contributed by atoms with Crippen molar-refractivity contribution in [1.29, 1.82) is 0 Å². The molecular weight excluding hydrogens is 615 g/mol. The van der Waals surface area contributed by atoms with Crippen molar-refractivity contribution < 1.29 is 22.3 Å². The van der Waals surface area contributed by atoms with Crippen LogP contribution < -0.4 is 15.4 Å². The summed E-state index contributed by atoms with van der Waals surface area (Å²) in [5.41, 5.74) is 4.41. The van der Waals surface area contributed by atoms with Gasteiger partial charge in [-0.15, -0.1) is 11.3 Å². The number of fused-ring (bicyclic) bond motifs is 5. The smallest absolute Gasteiger partial charge is 0.241 e. The number of carbonyl (C=O) groups is 1. The third-order valence-corrected chi connectivity index (χ3v) is 9.37. The Hall–Kier alpha value is -4.07. The highest BCUT2D eigenvalue weighted by Crippen LogP contribution is 2.45. The van der Waals surface area contributed by atoms with E-state index >= 15 is 0 Å². The first-order chi connectivity index (χ1) is 20.6. The monoisotopic (exact) mass is 640 g/mol. The number of hydrogen-bond acceptors (Lipinski definition) is 9. The molecule has 14 heteroatoms. The van der Waals surface area contributed by atoms with Gasteiger partial charge < -0.3 is 15.4 Å². The van der Waals surface area contributed by atoms with E-state index in [4.69, 9.17) is 16.3 Å². The zero-order chi connectivity index (χ0) is 30.1. The van der Waals surface area contributed by atoms with Gasteiger partial charge in [0, 0.05) is 34.6 Å². The predicted molar refractivity (Wildman–Crippen MR) is 164 cm³/mol. The molecule has 1 amide bonds. The number of ether oxygens (including phenoxy) is 1. The van der Waals surface area contributed by atoms with Crippen LogP contribution in [0.15, 0.2) is 55.0 Å². The standard InChI is InChI=1S/C29H26ClFN6O4S2/c1-43(39,40)10-9-32-25(38)14-37-23-7-6-20-26-28(33-16-34-29(26)42-27(20)21(23)13-35-37)36-19-5-8-24(22(30)12-19)41-15-17-3-2-4-18(31)11-17/h2-5,8,11-13,16H,6-7,9-10,14-15H2,1H3,(H,32,38)(H,33,34,36). The van der Waals surface area contributed by atoms with Crippen molar-refractivity contribution in [3.05, 3.63) is 82.6 Å². The normalized spacial score (nSPS) is 12.5. The van der Waals surface area contributed by atoms with Crippen LogP contribution in [-0.4, -0.2) is 52.6 Å². The lowest BCUT2D eigenvalue weighted by atomic mass is 9.95. The number of nitrogens with one attached hydrogen (secondary N) is 2. The Morgan fingerprint density at radius 2 is 2.05 bits per heavy atom. The summed E-state index contributed by atoms with van der Waals surface area (Å²) in [6.07, 6.45) is 5.78. The highest BCUT2D eigenvalue weighted by Gasteiger charge is 2.27. The van der Waals surface area contributed by atoms with Crippen molar-refractivity contribution in [1.82, 2.24) is 25.1 Å². The van der Waals surface area contributed by atoms with E-state index in [1.54, 1.807) is 46.5 Å². The molecule has 1 aliphatic rings. The molecule has 0 radical (unpaired) electrons. The molecule has 43 heavy (non-hydrogen) atoms. The first-order valence-corrected chi connectivity index (χ1v) is 16.6. The molecule has 0 unspecified atom stereocenters. The molecule has 0 bridgehead atoms. The van der Waals surface area contributed by atoms with E-state index in [0.29, 0.717) is 40.7 Å². The summed E-state index contributed by atoms with van der Waals surface area (Å²) in [4.78, 5) is 23.3. The van der Waals surface area contributed by atoms with Gasteiger partial charge in [-0.05, 0) is 54.3 Å². The molecule has 5 aromatic rings. The molecule has 0 atom stereocenters. The first-order valence-electron chi connectivity index (χ1n) is 13.3. The second-order valence-corrected chi connectivity index (χ2v) is 13.8. The number of amides is 1. The Labute approximate surface area is 255 Å². The minimum Gasteiger partial charge on any atom is -0.487 e. The zero-order valence-corrected chi connectivity index (χ0v) is 25.3. The van der Waals surface area contributed by atoms with E-state index in [9.17, 15) is 17.6 Å². The molecule has 1 aliphatic carbocycles. The van der Waals surface area contributed by atoms with Crippen LogP contribution in [0.4, 0.5) is 15.9 Å². The third-order valence-electron chi connectivity index (χ3n) is 6.96. The lowest BCUT2D eigenvalue weighted by Gasteiger charge is -2.16. The lowest BCUT2D eigenvalue weighted by Crippen LogP contribution is -2.32. The van der Waals surface area contributed by atoms with Crippen molar-refractivity contribution in [2.45, 2.75) is 26.0 Å². The van der Waals surface area contributed by atoms with Gasteiger partial charge in [-0.1, -0.05) is 23.7 Å². The van der Waals surface area contributed by atoms with Gasteiger partial charge in [0.15, 0.2) is 0 Å². The maximum Gasteiger partial charge on any atom is 0.241 e. The fourth-order valence-electron chi connectivity index (χ4n) is 4.97. The van der Waals surface area contributed by atoms with Crippen LogP contribution in [0.2, 0.25) is 5.02 Å². The molecule has 222 valence electrons. The van der Waals surface area contributed by atoms with Crippen molar-refractivity contribution >= 4 is 60.4 Å². The Bertz CT molecular complexity index is 1960. The quantitative estimate of drug-likeness (QED) is 0.220. The van der Waals surface area contributed by atoms with Crippen LogP contribution in [0.1, 0.15) is 16.8 Å². The Balaban J connectivity index is 1.19. The number of rotatable bonds is 10. The maximum absolute atomic E-state index is 13.5. The number of halogens is 2.